The number of aromatic nitrogens is 1. The Bertz CT molecular complexity index is 578. The summed E-state index contributed by atoms with van der Waals surface area (Å²) in [7, 11) is 0. The van der Waals surface area contributed by atoms with E-state index in [4.69, 9.17) is 4.74 Å². The molecular formula is C14H11F2NO. The maximum atomic E-state index is 13.1. The van der Waals surface area contributed by atoms with Gasteiger partial charge in [0.2, 0.25) is 5.88 Å². The Morgan fingerprint density at radius 3 is 2.61 bits per heavy atom. The molecule has 0 N–H and O–H groups in total. The summed E-state index contributed by atoms with van der Waals surface area (Å²) in [5.74, 6) is -0.717. The smallest absolute Gasteiger partial charge is 0.222 e. The number of pyridine rings is 1. The number of ether oxygens (including phenoxy) is 1. The second-order valence-corrected chi connectivity index (χ2v) is 4.31. The molecule has 1 aliphatic rings. The van der Waals surface area contributed by atoms with Gasteiger partial charge >= 0.3 is 0 Å². The SMILES string of the molecule is Fc1cc(F)cc(Oc2nccc3c2CCC3)c1. The molecule has 0 atom stereocenters. The summed E-state index contributed by atoms with van der Waals surface area (Å²) in [4.78, 5) is 4.14. The highest BCUT2D eigenvalue weighted by molar-refractivity contribution is 5.40. The Hall–Kier alpha value is -1.97. The van der Waals surface area contributed by atoms with Gasteiger partial charge < -0.3 is 4.74 Å². The molecule has 1 aromatic carbocycles. The standard InChI is InChI=1S/C14H11F2NO/c15-10-6-11(16)8-12(7-10)18-14-13-3-1-2-9(13)4-5-17-14/h4-8H,1-3H2. The van der Waals surface area contributed by atoms with Gasteiger partial charge in [-0.2, -0.15) is 0 Å². The Balaban J connectivity index is 1.95. The van der Waals surface area contributed by atoms with Crippen molar-refractivity contribution in [3.05, 3.63) is 53.2 Å². The molecule has 2 nitrogen and oxygen atoms in total. The third-order valence-electron chi connectivity index (χ3n) is 3.04. The second kappa shape index (κ2) is 4.37. The van der Waals surface area contributed by atoms with Gasteiger partial charge in [0.15, 0.2) is 0 Å². The summed E-state index contributed by atoms with van der Waals surface area (Å²) >= 11 is 0. The number of fused-ring (bicyclic) bond motifs is 1. The molecular weight excluding hydrogens is 236 g/mol. The number of nitrogens with zero attached hydrogens (tertiary/aromatic N) is 1. The number of benzene rings is 1. The van der Waals surface area contributed by atoms with Gasteiger partial charge in [0.25, 0.3) is 0 Å². The molecule has 1 aromatic heterocycles. The monoisotopic (exact) mass is 247 g/mol. The average molecular weight is 247 g/mol. The fourth-order valence-corrected chi connectivity index (χ4v) is 2.26. The first-order valence-corrected chi connectivity index (χ1v) is 5.83. The normalized spacial score (nSPS) is 13.4. The Kier molecular flexibility index (Phi) is 2.70. The molecule has 1 aliphatic carbocycles. The van der Waals surface area contributed by atoms with Gasteiger partial charge in [-0.3, -0.25) is 0 Å². The van der Waals surface area contributed by atoms with E-state index in [0.29, 0.717) is 5.88 Å². The van der Waals surface area contributed by atoms with Crippen LogP contribution in [0.5, 0.6) is 11.6 Å². The highest BCUT2D eigenvalue weighted by Gasteiger charge is 2.17. The van der Waals surface area contributed by atoms with Gasteiger partial charge in [0.1, 0.15) is 17.4 Å². The second-order valence-electron chi connectivity index (χ2n) is 4.31. The van der Waals surface area contributed by atoms with Crippen LogP contribution in [0.4, 0.5) is 8.78 Å². The van der Waals surface area contributed by atoms with Crippen LogP contribution in [0.3, 0.4) is 0 Å². The Morgan fingerprint density at radius 2 is 1.83 bits per heavy atom. The van der Waals surface area contributed by atoms with Crippen molar-refractivity contribution >= 4 is 0 Å². The van der Waals surface area contributed by atoms with Gasteiger partial charge in [-0.15, -0.1) is 0 Å². The van der Waals surface area contributed by atoms with E-state index in [1.165, 1.54) is 5.56 Å². The van der Waals surface area contributed by atoms with E-state index >= 15 is 0 Å². The minimum absolute atomic E-state index is 0.139. The van der Waals surface area contributed by atoms with Crippen molar-refractivity contribution in [2.45, 2.75) is 19.3 Å². The van der Waals surface area contributed by atoms with Crippen LogP contribution in [0.25, 0.3) is 0 Å². The molecule has 0 aliphatic heterocycles. The zero-order valence-corrected chi connectivity index (χ0v) is 9.62. The number of hydrogen-bond donors (Lipinski definition) is 0. The van der Waals surface area contributed by atoms with Crippen molar-refractivity contribution in [1.82, 2.24) is 4.98 Å². The summed E-state index contributed by atoms with van der Waals surface area (Å²) in [6.45, 7) is 0. The van der Waals surface area contributed by atoms with Crippen LogP contribution < -0.4 is 4.74 Å². The number of hydrogen-bond acceptors (Lipinski definition) is 2. The van der Waals surface area contributed by atoms with Crippen LogP contribution in [-0.4, -0.2) is 4.98 Å². The average Bonchev–Trinajstić information content (AvgIpc) is 2.76. The molecule has 3 rings (SSSR count). The van der Waals surface area contributed by atoms with Gasteiger partial charge in [-0.1, -0.05) is 0 Å². The first-order valence-electron chi connectivity index (χ1n) is 5.83. The largest absolute Gasteiger partial charge is 0.439 e. The molecule has 18 heavy (non-hydrogen) atoms. The molecule has 0 amide bonds. The zero-order chi connectivity index (χ0) is 12.5. The minimum Gasteiger partial charge on any atom is -0.439 e. The van der Waals surface area contributed by atoms with Crippen molar-refractivity contribution < 1.29 is 13.5 Å². The van der Waals surface area contributed by atoms with Crippen molar-refractivity contribution in [2.24, 2.45) is 0 Å². The number of halogens is 2. The fourth-order valence-electron chi connectivity index (χ4n) is 2.26. The molecule has 0 radical (unpaired) electrons. The lowest BCUT2D eigenvalue weighted by atomic mass is 10.2. The van der Waals surface area contributed by atoms with E-state index in [2.05, 4.69) is 4.98 Å². The molecule has 2 aromatic rings. The van der Waals surface area contributed by atoms with Crippen LogP contribution in [0.15, 0.2) is 30.5 Å². The lowest BCUT2D eigenvalue weighted by molar-refractivity contribution is 0.446. The van der Waals surface area contributed by atoms with Crippen molar-refractivity contribution in [1.29, 1.82) is 0 Å². The van der Waals surface area contributed by atoms with E-state index in [9.17, 15) is 8.78 Å². The topological polar surface area (TPSA) is 22.1 Å². The van der Waals surface area contributed by atoms with E-state index in [1.807, 2.05) is 6.07 Å². The lowest BCUT2D eigenvalue weighted by Crippen LogP contribution is -1.95. The molecule has 0 unspecified atom stereocenters. The van der Waals surface area contributed by atoms with Crippen molar-refractivity contribution in [3.8, 4) is 11.6 Å². The third kappa shape index (κ3) is 2.06. The zero-order valence-electron chi connectivity index (χ0n) is 9.62. The molecule has 0 fully saturated rings. The molecule has 0 spiro atoms. The minimum atomic E-state index is -0.655. The van der Waals surface area contributed by atoms with E-state index < -0.39 is 11.6 Å². The number of rotatable bonds is 2. The van der Waals surface area contributed by atoms with Gasteiger partial charge in [-0.25, -0.2) is 13.8 Å². The maximum absolute atomic E-state index is 13.1. The van der Waals surface area contributed by atoms with Crippen molar-refractivity contribution in [3.63, 3.8) is 0 Å². The van der Waals surface area contributed by atoms with Crippen LogP contribution in [0.1, 0.15) is 17.5 Å². The molecule has 4 heteroatoms. The first-order chi connectivity index (χ1) is 8.72. The molecule has 0 saturated heterocycles. The summed E-state index contributed by atoms with van der Waals surface area (Å²) in [6, 6.07) is 5.08. The van der Waals surface area contributed by atoms with Gasteiger partial charge in [0, 0.05) is 30.0 Å². The predicted octanol–water partition coefficient (Wildman–Crippen LogP) is 3.64. The lowest BCUT2D eigenvalue weighted by Gasteiger charge is -2.09. The fraction of sp³-hybridized carbons (Fsp3) is 0.214. The third-order valence-corrected chi connectivity index (χ3v) is 3.04. The van der Waals surface area contributed by atoms with Crippen LogP contribution in [0.2, 0.25) is 0 Å². The van der Waals surface area contributed by atoms with Gasteiger partial charge in [0.05, 0.1) is 0 Å². The van der Waals surface area contributed by atoms with Crippen molar-refractivity contribution in [2.75, 3.05) is 0 Å². The Labute approximate surface area is 103 Å². The first kappa shape index (κ1) is 11.1. The van der Waals surface area contributed by atoms with Crippen LogP contribution in [0, 0.1) is 11.6 Å². The molecule has 92 valence electrons. The molecule has 0 bridgehead atoms. The molecule has 0 saturated carbocycles. The van der Waals surface area contributed by atoms with E-state index in [0.717, 1.165) is 43.0 Å². The predicted molar refractivity (Wildman–Crippen MR) is 62.7 cm³/mol. The summed E-state index contributed by atoms with van der Waals surface area (Å²) < 4.78 is 31.6. The Morgan fingerprint density at radius 1 is 1.06 bits per heavy atom. The quantitative estimate of drug-likeness (QED) is 0.808. The van der Waals surface area contributed by atoms with Crippen LogP contribution >= 0.6 is 0 Å². The summed E-state index contributed by atoms with van der Waals surface area (Å²) in [5, 5.41) is 0. The summed E-state index contributed by atoms with van der Waals surface area (Å²) in [6.07, 6.45) is 4.63. The van der Waals surface area contributed by atoms with E-state index in [1.54, 1.807) is 6.20 Å². The highest BCUT2D eigenvalue weighted by atomic mass is 19.1. The number of aryl methyl sites for hydroxylation is 1. The van der Waals surface area contributed by atoms with Gasteiger partial charge in [-0.05, 0) is 30.9 Å². The maximum Gasteiger partial charge on any atom is 0.222 e. The highest BCUT2D eigenvalue weighted by Crippen LogP contribution is 2.31. The summed E-state index contributed by atoms with van der Waals surface area (Å²) in [5.41, 5.74) is 2.25. The van der Waals surface area contributed by atoms with Crippen LogP contribution in [-0.2, 0) is 12.8 Å². The molecule has 1 heterocycles. The van der Waals surface area contributed by atoms with E-state index in [-0.39, 0.29) is 5.75 Å².